The number of rotatable bonds is 8. The molecule has 0 bridgehead atoms. The topological polar surface area (TPSA) is 234 Å². The molecule has 46 heavy (non-hydrogen) atoms. The van der Waals surface area contributed by atoms with E-state index >= 15 is 0 Å². The van der Waals surface area contributed by atoms with Gasteiger partial charge >= 0.3 is 0 Å². The third-order valence-corrected chi connectivity index (χ3v) is 13.9. The number of ether oxygens (including phenoxy) is 1. The molecule has 5 rings (SSSR count). The maximum atomic E-state index is 13.8. The maximum absolute atomic E-state index is 13.8. The Bertz CT molecular complexity index is 2080. The van der Waals surface area contributed by atoms with E-state index in [2.05, 4.69) is 0 Å². The number of sulfonamides is 3. The zero-order valence-corrected chi connectivity index (χ0v) is 28.2. The van der Waals surface area contributed by atoms with Crippen LogP contribution in [0.25, 0.3) is 32.3 Å². The van der Waals surface area contributed by atoms with E-state index < -0.39 is 67.2 Å². The summed E-state index contributed by atoms with van der Waals surface area (Å²) in [7, 11) is -4.94. The van der Waals surface area contributed by atoms with Crippen LogP contribution in [0.15, 0.2) is 51.1 Å². The minimum atomic E-state index is -4.26. The first-order valence-electron chi connectivity index (χ1n) is 13.7. The van der Waals surface area contributed by atoms with Crippen molar-refractivity contribution in [3.05, 3.63) is 42.0 Å². The Balaban J connectivity index is 0.00000480. The summed E-state index contributed by atoms with van der Waals surface area (Å²) in [4.78, 5) is -0.922. The average molecular weight is 704 g/mol. The predicted octanol–water partition coefficient (Wildman–Crippen LogP) is -0.975. The third kappa shape index (κ3) is 5.26. The van der Waals surface area contributed by atoms with E-state index in [0.29, 0.717) is 0 Å². The van der Waals surface area contributed by atoms with Crippen LogP contribution in [0.5, 0.6) is 0 Å². The van der Waals surface area contributed by atoms with Gasteiger partial charge in [0, 0.05) is 63.8 Å². The Hall–Kier alpha value is -2.59. The second-order valence-electron chi connectivity index (χ2n) is 11.5. The van der Waals surface area contributed by atoms with Crippen molar-refractivity contribution in [3.8, 4) is 0 Å². The summed E-state index contributed by atoms with van der Waals surface area (Å²) in [6.07, 6.45) is -8.00. The van der Waals surface area contributed by atoms with Gasteiger partial charge in [-0.05, 0) is 28.5 Å². The first-order valence-corrected chi connectivity index (χ1v) is 18.0. The van der Waals surface area contributed by atoms with Crippen molar-refractivity contribution >= 4 is 62.4 Å². The molecule has 6 N–H and O–H groups in total. The van der Waals surface area contributed by atoms with Gasteiger partial charge in [-0.15, -0.1) is 0 Å². The summed E-state index contributed by atoms with van der Waals surface area (Å²) >= 11 is 0. The normalized spacial score (nSPS) is 23.3. The maximum Gasteiger partial charge on any atom is 0.243 e. The Morgan fingerprint density at radius 1 is 0.609 bits per heavy atom. The fraction of sp³-hybridized carbons (Fsp3) is 0.429. The molecule has 4 aromatic rings. The van der Waals surface area contributed by atoms with Crippen molar-refractivity contribution < 1.29 is 55.9 Å². The molecular formula is C28H37N3O12S3. The molecule has 5 atom stereocenters. The lowest BCUT2D eigenvalue weighted by molar-refractivity contribution is -0.231. The van der Waals surface area contributed by atoms with Crippen LogP contribution in [-0.4, -0.2) is 137 Å². The summed E-state index contributed by atoms with van der Waals surface area (Å²) in [5.41, 5.74) is 0.0483. The largest absolute Gasteiger partial charge is 0.412 e. The van der Waals surface area contributed by atoms with E-state index in [1.807, 2.05) is 0 Å². The molecule has 1 fully saturated rings. The minimum Gasteiger partial charge on any atom is -0.412 e. The highest BCUT2D eigenvalue weighted by Gasteiger charge is 2.45. The van der Waals surface area contributed by atoms with Crippen LogP contribution in [-0.2, 0) is 34.8 Å². The number of hydrogen-bond acceptors (Lipinski definition) is 11. The fourth-order valence-corrected chi connectivity index (χ4v) is 9.16. The highest BCUT2D eigenvalue weighted by atomic mass is 32.2. The summed E-state index contributed by atoms with van der Waals surface area (Å²) in [6.45, 7) is -0.729. The first-order chi connectivity index (χ1) is 20.8. The van der Waals surface area contributed by atoms with E-state index in [1.54, 1.807) is 0 Å². The molecule has 0 spiro atoms. The van der Waals surface area contributed by atoms with Gasteiger partial charge in [0.25, 0.3) is 0 Å². The van der Waals surface area contributed by atoms with Crippen molar-refractivity contribution in [2.45, 2.75) is 45.2 Å². The molecule has 254 valence electrons. The number of nitrogens with zero attached hydrogens (tertiary/aromatic N) is 3. The molecule has 0 unspecified atom stereocenters. The van der Waals surface area contributed by atoms with E-state index in [4.69, 9.17) is 4.74 Å². The molecule has 0 aliphatic carbocycles. The van der Waals surface area contributed by atoms with Gasteiger partial charge in [-0.3, -0.25) is 0 Å². The van der Waals surface area contributed by atoms with Crippen LogP contribution in [0.4, 0.5) is 0 Å². The lowest BCUT2D eigenvalue weighted by Gasteiger charge is -2.40. The SMILES string of the molecule is CN(C)S(=O)(=O)c1cc([C@@H]2O[C@H](CO)[C@H](O)[C@H](O)[C@H]2O)c2ccc3c(S(=O)(=O)N(C)C)cc(S(=O)(=O)N(C)C)c4ccc1c2c34.O. The first kappa shape index (κ1) is 36.2. The zero-order valence-electron chi connectivity index (χ0n) is 25.8. The van der Waals surface area contributed by atoms with Crippen molar-refractivity contribution in [1.29, 1.82) is 0 Å². The van der Waals surface area contributed by atoms with E-state index in [0.717, 1.165) is 19.0 Å². The van der Waals surface area contributed by atoms with E-state index in [9.17, 15) is 45.7 Å². The molecule has 1 saturated heterocycles. The summed E-state index contributed by atoms with van der Waals surface area (Å²) in [6, 6.07) is 8.17. The van der Waals surface area contributed by atoms with Crippen molar-refractivity contribution in [2.75, 3.05) is 48.9 Å². The van der Waals surface area contributed by atoms with Gasteiger partial charge in [-0.1, -0.05) is 24.3 Å². The Kier molecular flexibility index (Phi) is 9.56. The molecule has 1 aliphatic rings. The van der Waals surface area contributed by atoms with Gasteiger partial charge in [0.15, 0.2) is 0 Å². The molecule has 4 aromatic carbocycles. The quantitative estimate of drug-likeness (QED) is 0.163. The molecule has 15 nitrogen and oxygen atoms in total. The highest BCUT2D eigenvalue weighted by molar-refractivity contribution is 7.90. The lowest BCUT2D eigenvalue weighted by atomic mass is 9.86. The number of hydrogen-bond donors (Lipinski definition) is 4. The average Bonchev–Trinajstić information content (AvgIpc) is 2.97. The van der Waals surface area contributed by atoms with Crippen LogP contribution in [0.3, 0.4) is 0 Å². The van der Waals surface area contributed by atoms with Gasteiger partial charge in [0.2, 0.25) is 30.1 Å². The molecule has 0 saturated carbocycles. The van der Waals surface area contributed by atoms with Crippen LogP contribution in [0, 0.1) is 0 Å². The van der Waals surface area contributed by atoms with Gasteiger partial charge in [0.1, 0.15) is 30.5 Å². The second-order valence-corrected chi connectivity index (χ2v) is 17.9. The predicted molar refractivity (Wildman–Crippen MR) is 169 cm³/mol. The zero-order chi connectivity index (χ0) is 33.5. The molecular weight excluding hydrogens is 667 g/mol. The minimum absolute atomic E-state index is 0. The van der Waals surface area contributed by atoms with Crippen LogP contribution >= 0.6 is 0 Å². The molecule has 0 amide bonds. The van der Waals surface area contributed by atoms with Crippen LogP contribution in [0.1, 0.15) is 11.7 Å². The molecule has 0 aromatic heterocycles. The van der Waals surface area contributed by atoms with Gasteiger partial charge in [0.05, 0.1) is 21.3 Å². The number of aliphatic hydroxyl groups is 4. The van der Waals surface area contributed by atoms with Crippen LogP contribution in [0.2, 0.25) is 0 Å². The summed E-state index contributed by atoms with van der Waals surface area (Å²) in [5.74, 6) is 0. The Morgan fingerprint density at radius 2 is 0.978 bits per heavy atom. The van der Waals surface area contributed by atoms with Crippen LogP contribution < -0.4 is 0 Å². The van der Waals surface area contributed by atoms with Crippen molar-refractivity contribution in [2.24, 2.45) is 0 Å². The molecule has 1 aliphatic heterocycles. The van der Waals surface area contributed by atoms with E-state index in [1.165, 1.54) is 72.6 Å². The Morgan fingerprint density at radius 3 is 1.37 bits per heavy atom. The number of benzene rings is 4. The third-order valence-electron chi connectivity index (χ3n) is 8.29. The monoisotopic (exact) mass is 703 g/mol. The Labute approximate surface area is 266 Å². The summed E-state index contributed by atoms with van der Waals surface area (Å²) in [5, 5.41) is 42.8. The second kappa shape index (κ2) is 12.1. The van der Waals surface area contributed by atoms with E-state index in [-0.39, 0.29) is 58.0 Å². The fourth-order valence-electron chi connectivity index (χ4n) is 5.75. The summed E-state index contributed by atoms with van der Waals surface area (Å²) < 4.78 is 90.7. The van der Waals surface area contributed by atoms with Crippen molar-refractivity contribution in [1.82, 2.24) is 12.9 Å². The van der Waals surface area contributed by atoms with Gasteiger partial charge in [-0.2, -0.15) is 0 Å². The number of aliphatic hydroxyl groups excluding tert-OH is 4. The standard InChI is InChI=1S/C28H35N3O11S3.H2O/c1-29(2)43(36,37)20-11-18(28-27(35)26(34)25(33)19(13-32)42-28)14-7-8-16-21(44(38,39)30(3)4)12-22(45(40,41)31(5)6)17-10-9-15(20)23(14)24(16)17;/h7-12,19,25-28,32-35H,13H2,1-6H3;1H2/t19-,25+,26+,27-,28+;/m1./s1. The van der Waals surface area contributed by atoms with Gasteiger partial charge < -0.3 is 30.6 Å². The van der Waals surface area contributed by atoms with Gasteiger partial charge in [-0.25, -0.2) is 38.2 Å². The van der Waals surface area contributed by atoms with Crippen molar-refractivity contribution in [3.63, 3.8) is 0 Å². The molecule has 18 heteroatoms. The lowest BCUT2D eigenvalue weighted by Crippen LogP contribution is -2.55. The smallest absolute Gasteiger partial charge is 0.243 e. The molecule has 0 radical (unpaired) electrons. The highest BCUT2D eigenvalue weighted by Crippen LogP contribution is 2.47. The molecule has 1 heterocycles.